The van der Waals surface area contributed by atoms with Gasteiger partial charge in [0.1, 0.15) is 12.4 Å². The lowest BCUT2D eigenvalue weighted by atomic mass is 9.72. The van der Waals surface area contributed by atoms with Crippen molar-refractivity contribution in [3.63, 3.8) is 0 Å². The zero-order valence-corrected chi connectivity index (χ0v) is 17.0. The molecule has 158 valence electrons. The second kappa shape index (κ2) is 8.33. The van der Waals surface area contributed by atoms with Crippen molar-refractivity contribution in [1.29, 1.82) is 0 Å². The summed E-state index contributed by atoms with van der Waals surface area (Å²) in [6.45, 7) is 1.87. The van der Waals surface area contributed by atoms with Crippen LogP contribution >= 0.6 is 0 Å². The predicted octanol–water partition coefficient (Wildman–Crippen LogP) is 1.84. The highest BCUT2D eigenvalue weighted by Gasteiger charge is 2.49. The monoisotopic (exact) mass is 424 g/mol. The molecule has 0 aromatic heterocycles. The van der Waals surface area contributed by atoms with Crippen LogP contribution < -0.4 is 0 Å². The third kappa shape index (κ3) is 3.99. The fourth-order valence-electron chi connectivity index (χ4n) is 3.96. The zero-order valence-electron chi connectivity index (χ0n) is 16.2. The summed E-state index contributed by atoms with van der Waals surface area (Å²) in [5, 5.41) is 22.4. The molecule has 1 N–H and O–H groups in total. The van der Waals surface area contributed by atoms with Crippen molar-refractivity contribution in [3.05, 3.63) is 58.2 Å². The second-order valence-electron chi connectivity index (χ2n) is 7.10. The fourth-order valence-corrected chi connectivity index (χ4v) is 5.70. The van der Waals surface area contributed by atoms with Gasteiger partial charge < -0.3 is 14.6 Å². The Hall–Kier alpha value is -2.11. The van der Waals surface area contributed by atoms with Gasteiger partial charge in [0.25, 0.3) is 15.7 Å². The van der Waals surface area contributed by atoms with Gasteiger partial charge in [-0.15, -0.1) is 0 Å². The van der Waals surface area contributed by atoms with Gasteiger partial charge in [-0.1, -0.05) is 35.9 Å². The quantitative estimate of drug-likeness (QED) is 0.233. The van der Waals surface area contributed by atoms with E-state index < -0.39 is 32.3 Å². The first-order valence-corrected chi connectivity index (χ1v) is 10.6. The van der Waals surface area contributed by atoms with Crippen molar-refractivity contribution in [1.82, 2.24) is 4.31 Å². The number of rotatable bonds is 7. The maximum Gasteiger partial charge on any atom is 0.289 e. The van der Waals surface area contributed by atoms with Crippen LogP contribution in [0.25, 0.3) is 0 Å². The molecular formula is C19H24N2O7S. The number of piperidine rings is 1. The average molecular weight is 424 g/mol. The first-order chi connectivity index (χ1) is 13.7. The van der Waals surface area contributed by atoms with Crippen LogP contribution in [0.1, 0.15) is 13.3 Å². The topological polar surface area (TPSA) is 119 Å². The van der Waals surface area contributed by atoms with Crippen molar-refractivity contribution < 1.29 is 27.9 Å². The molecule has 2 unspecified atom stereocenters. The van der Waals surface area contributed by atoms with Gasteiger partial charge in [-0.05, 0) is 19.4 Å². The summed E-state index contributed by atoms with van der Waals surface area (Å²) in [5.41, 5.74) is -0.997. The van der Waals surface area contributed by atoms with E-state index in [1.807, 2.05) is 0 Å². The number of nitrogens with zero attached hydrogens (tertiary/aromatic N) is 2. The van der Waals surface area contributed by atoms with Crippen LogP contribution in [0.2, 0.25) is 0 Å². The minimum atomic E-state index is -4.12. The van der Waals surface area contributed by atoms with E-state index in [9.17, 15) is 23.6 Å². The highest BCUT2D eigenvalue weighted by Crippen LogP contribution is 2.43. The number of hydrogen-bond donors (Lipinski definition) is 1. The van der Waals surface area contributed by atoms with Gasteiger partial charge in [-0.2, -0.15) is 4.31 Å². The van der Waals surface area contributed by atoms with Gasteiger partial charge in [0, 0.05) is 31.7 Å². The Morgan fingerprint density at radius 3 is 2.79 bits per heavy atom. The Balaban J connectivity index is 1.98. The van der Waals surface area contributed by atoms with E-state index in [0.29, 0.717) is 6.42 Å². The molecule has 3 rings (SSSR count). The smallest absolute Gasteiger partial charge is 0.289 e. The van der Waals surface area contributed by atoms with Gasteiger partial charge in [-0.3, -0.25) is 10.1 Å². The summed E-state index contributed by atoms with van der Waals surface area (Å²) >= 11 is 0. The lowest BCUT2D eigenvalue weighted by molar-refractivity contribution is -0.387. The Morgan fingerprint density at radius 1 is 1.41 bits per heavy atom. The van der Waals surface area contributed by atoms with Gasteiger partial charge >= 0.3 is 0 Å². The van der Waals surface area contributed by atoms with E-state index in [1.54, 1.807) is 25.2 Å². The molecule has 1 fully saturated rings. The summed E-state index contributed by atoms with van der Waals surface area (Å²) < 4.78 is 38.1. The summed E-state index contributed by atoms with van der Waals surface area (Å²) in [4.78, 5) is 10.3. The summed E-state index contributed by atoms with van der Waals surface area (Å²) in [6.07, 6.45) is 5.32. The molecule has 29 heavy (non-hydrogen) atoms. The fraction of sp³-hybridized carbons (Fsp3) is 0.474. The van der Waals surface area contributed by atoms with Crippen molar-refractivity contribution in [3.8, 4) is 0 Å². The first kappa shape index (κ1) is 21.6. The number of fused-ring (bicyclic) bond motifs is 2. The molecule has 1 heterocycles. The number of allylic oxidation sites excluding steroid dienone is 1. The molecule has 1 aromatic carbocycles. The number of nitro benzene ring substituents is 1. The van der Waals surface area contributed by atoms with E-state index in [4.69, 9.17) is 9.47 Å². The molecule has 0 radical (unpaired) electrons. The van der Waals surface area contributed by atoms with Crippen molar-refractivity contribution in [2.75, 3.05) is 27.1 Å². The van der Waals surface area contributed by atoms with Crippen LogP contribution in [0.5, 0.6) is 0 Å². The van der Waals surface area contributed by atoms with Gasteiger partial charge in [0.15, 0.2) is 4.90 Å². The molecule has 10 heteroatoms. The zero-order chi connectivity index (χ0) is 21.2. The molecule has 0 saturated carbocycles. The molecule has 3 atom stereocenters. The second-order valence-corrected chi connectivity index (χ2v) is 8.96. The van der Waals surface area contributed by atoms with Crippen LogP contribution in [0, 0.1) is 16.0 Å². The largest absolute Gasteiger partial charge is 0.383 e. The van der Waals surface area contributed by atoms with Gasteiger partial charge in [-0.25, -0.2) is 8.42 Å². The minimum Gasteiger partial charge on any atom is -0.383 e. The normalized spacial score (nSPS) is 28.6. The van der Waals surface area contributed by atoms with Crippen LogP contribution in [-0.4, -0.2) is 61.5 Å². The highest BCUT2D eigenvalue weighted by molar-refractivity contribution is 7.89. The van der Waals surface area contributed by atoms with Crippen LogP contribution in [-0.2, 0) is 19.5 Å². The Morgan fingerprint density at radius 2 is 2.14 bits per heavy atom. The number of nitro groups is 1. The molecule has 1 aliphatic carbocycles. The molecule has 1 saturated heterocycles. The SMILES string of the molecule is C/C=C1\CN(S(=O)(=O)c2ccccc2[N+](=O)[O-])C2C=C[C@@](O)(COCOC)C1C2. The minimum absolute atomic E-state index is 0.0168. The Bertz CT molecular complexity index is 944. The van der Waals surface area contributed by atoms with Crippen molar-refractivity contribution >= 4 is 15.7 Å². The number of aliphatic hydroxyl groups is 1. The number of methoxy groups -OCH3 is 1. The third-order valence-corrected chi connectivity index (χ3v) is 7.32. The average Bonchev–Trinajstić information content (AvgIpc) is 2.71. The standard InChI is InChI=1S/C19H24N2O7S/c1-3-14-11-20(29(25,26)18-7-5-4-6-17(18)21(23)24)15-8-9-19(22,16(14)10-15)12-28-13-27-2/h3-9,15-16,22H,10-13H2,1-2H3/b14-3+/t15?,16?,19-/m1/s1. The number of sulfonamides is 1. The van der Waals surface area contributed by atoms with Gasteiger partial charge in [0.2, 0.25) is 0 Å². The maximum atomic E-state index is 13.3. The molecular weight excluding hydrogens is 400 g/mol. The van der Waals surface area contributed by atoms with Crippen LogP contribution in [0.3, 0.4) is 0 Å². The molecule has 1 aromatic rings. The van der Waals surface area contributed by atoms with Crippen LogP contribution in [0.4, 0.5) is 5.69 Å². The number of ether oxygens (including phenoxy) is 2. The highest BCUT2D eigenvalue weighted by atomic mass is 32.2. The molecule has 2 bridgehead atoms. The van der Waals surface area contributed by atoms with E-state index >= 15 is 0 Å². The predicted molar refractivity (Wildman–Crippen MR) is 105 cm³/mol. The Kier molecular flexibility index (Phi) is 6.20. The van der Waals surface area contributed by atoms with E-state index in [2.05, 4.69) is 0 Å². The van der Waals surface area contributed by atoms with Crippen molar-refractivity contribution in [2.24, 2.45) is 5.92 Å². The summed E-state index contributed by atoms with van der Waals surface area (Å²) in [7, 11) is -2.64. The van der Waals surface area contributed by atoms with E-state index in [0.717, 1.165) is 5.57 Å². The van der Waals surface area contributed by atoms with E-state index in [-0.39, 0.29) is 30.8 Å². The van der Waals surface area contributed by atoms with Crippen LogP contribution in [0.15, 0.2) is 53.0 Å². The molecule has 1 aliphatic heterocycles. The summed E-state index contributed by atoms with van der Waals surface area (Å²) in [5.74, 6) is -0.323. The number of benzene rings is 1. The first-order valence-electron chi connectivity index (χ1n) is 9.13. The molecule has 0 amide bonds. The molecule has 2 aliphatic rings. The lowest BCUT2D eigenvalue weighted by Gasteiger charge is -2.47. The summed E-state index contributed by atoms with van der Waals surface area (Å²) in [6, 6.07) is 4.80. The molecule has 9 nitrogen and oxygen atoms in total. The van der Waals surface area contributed by atoms with E-state index in [1.165, 1.54) is 35.7 Å². The number of para-hydroxylation sites is 1. The number of hydrogen-bond acceptors (Lipinski definition) is 7. The van der Waals surface area contributed by atoms with Crippen molar-refractivity contribution in [2.45, 2.75) is 29.9 Å². The Labute approximate surface area is 169 Å². The van der Waals surface area contributed by atoms with Gasteiger partial charge in [0.05, 0.1) is 11.5 Å². The lowest BCUT2D eigenvalue weighted by Crippen LogP contribution is -2.56. The third-order valence-electron chi connectivity index (χ3n) is 5.40. The maximum absolute atomic E-state index is 13.3. The molecule has 0 spiro atoms.